The van der Waals surface area contributed by atoms with E-state index >= 15 is 0 Å². The second-order valence-corrected chi connectivity index (χ2v) is 5.33. The van der Waals surface area contributed by atoms with Gasteiger partial charge in [-0.2, -0.15) is 0 Å². The van der Waals surface area contributed by atoms with Gasteiger partial charge < -0.3 is 9.47 Å². The van der Waals surface area contributed by atoms with Gasteiger partial charge in [-0.3, -0.25) is 0 Å². The third-order valence-electron chi connectivity index (χ3n) is 3.04. The minimum atomic E-state index is -0.801. The van der Waals surface area contributed by atoms with Gasteiger partial charge in [0.2, 0.25) is 6.29 Å². The molecule has 3 rings (SSSR count). The number of azide groups is 1. The summed E-state index contributed by atoms with van der Waals surface area (Å²) in [4.78, 5) is 2.64. The van der Waals surface area contributed by atoms with Gasteiger partial charge >= 0.3 is 0 Å². The first kappa shape index (κ1) is 14.8. The van der Waals surface area contributed by atoms with Gasteiger partial charge in [-0.15, -0.1) is 0 Å². The molecule has 22 heavy (non-hydrogen) atoms. The van der Waals surface area contributed by atoms with E-state index in [-0.39, 0.29) is 12.3 Å². The van der Waals surface area contributed by atoms with E-state index in [1.807, 2.05) is 0 Å². The van der Waals surface area contributed by atoms with Crippen LogP contribution in [0.2, 0.25) is 10.0 Å². The van der Waals surface area contributed by atoms with E-state index in [0.29, 0.717) is 26.9 Å². The lowest BCUT2D eigenvalue weighted by Gasteiger charge is -2.10. The number of fused-ring (bicyclic) bond motifs is 1. The van der Waals surface area contributed by atoms with Crippen molar-refractivity contribution in [2.75, 3.05) is 6.54 Å². The highest BCUT2D eigenvalue weighted by molar-refractivity contribution is 6.35. The first-order chi connectivity index (χ1) is 10.6. The quantitative estimate of drug-likeness (QED) is 0.437. The van der Waals surface area contributed by atoms with Gasteiger partial charge in [0.15, 0.2) is 11.5 Å². The highest BCUT2D eigenvalue weighted by Crippen LogP contribution is 2.46. The summed E-state index contributed by atoms with van der Waals surface area (Å²) in [6.07, 6.45) is -0.801. The highest BCUT2D eigenvalue weighted by Gasteiger charge is 2.28. The Kier molecular flexibility index (Phi) is 3.98. The Morgan fingerprint density at radius 3 is 2.77 bits per heavy atom. The second-order valence-electron chi connectivity index (χ2n) is 4.48. The molecule has 0 amide bonds. The van der Waals surface area contributed by atoms with E-state index in [1.54, 1.807) is 18.2 Å². The third kappa shape index (κ3) is 2.76. The average Bonchev–Trinajstić information content (AvgIpc) is 2.89. The lowest BCUT2D eigenvalue weighted by Crippen LogP contribution is -2.21. The van der Waals surface area contributed by atoms with Crippen LogP contribution >= 0.6 is 23.2 Å². The van der Waals surface area contributed by atoms with Crippen molar-refractivity contribution >= 4 is 23.2 Å². The molecule has 1 heterocycles. The Balaban J connectivity index is 2.08. The zero-order valence-electron chi connectivity index (χ0n) is 11.0. The van der Waals surface area contributed by atoms with Gasteiger partial charge in [-0.1, -0.05) is 28.3 Å². The molecular formula is C14H8Cl2FN3O2. The van der Waals surface area contributed by atoms with Crippen LogP contribution in [0.4, 0.5) is 4.39 Å². The van der Waals surface area contributed by atoms with E-state index in [4.69, 9.17) is 38.2 Å². The van der Waals surface area contributed by atoms with Crippen molar-refractivity contribution in [1.82, 2.24) is 0 Å². The minimum Gasteiger partial charge on any atom is -0.451 e. The van der Waals surface area contributed by atoms with Crippen LogP contribution in [0.25, 0.3) is 21.6 Å². The zero-order chi connectivity index (χ0) is 15.7. The number of rotatable bonds is 3. The predicted molar refractivity (Wildman–Crippen MR) is 80.9 cm³/mol. The molecule has 0 saturated heterocycles. The summed E-state index contributed by atoms with van der Waals surface area (Å²) in [6, 6.07) is 7.35. The van der Waals surface area contributed by atoms with Gasteiger partial charge in [-0.25, -0.2) is 4.39 Å². The topological polar surface area (TPSA) is 67.2 Å². The van der Waals surface area contributed by atoms with Crippen molar-refractivity contribution in [3.05, 3.63) is 56.6 Å². The summed E-state index contributed by atoms with van der Waals surface area (Å²) in [6.45, 7) is -0.0322. The van der Waals surface area contributed by atoms with Gasteiger partial charge in [0.05, 0.1) is 0 Å². The van der Waals surface area contributed by atoms with E-state index in [2.05, 4.69) is 10.0 Å². The fourth-order valence-corrected chi connectivity index (χ4v) is 2.55. The molecule has 0 aromatic heterocycles. The summed E-state index contributed by atoms with van der Waals surface area (Å²) in [5, 5.41) is 4.25. The molecule has 0 fully saturated rings. The number of halogens is 3. The van der Waals surface area contributed by atoms with Gasteiger partial charge in [0, 0.05) is 32.2 Å². The monoisotopic (exact) mass is 339 g/mol. The highest BCUT2D eigenvalue weighted by atomic mass is 35.5. The number of benzene rings is 2. The maximum atomic E-state index is 13.8. The molecule has 0 bridgehead atoms. The van der Waals surface area contributed by atoms with Crippen LogP contribution in [0.15, 0.2) is 35.4 Å². The van der Waals surface area contributed by atoms with Crippen LogP contribution < -0.4 is 9.47 Å². The Labute approximate surface area is 134 Å². The molecule has 2 aromatic rings. The molecule has 2 aromatic carbocycles. The smallest absolute Gasteiger partial charge is 0.247 e. The number of ether oxygens (including phenoxy) is 2. The molecule has 1 unspecified atom stereocenters. The Morgan fingerprint density at radius 1 is 1.18 bits per heavy atom. The Morgan fingerprint density at radius 2 is 2.00 bits per heavy atom. The van der Waals surface area contributed by atoms with Crippen molar-refractivity contribution in [2.24, 2.45) is 5.11 Å². The van der Waals surface area contributed by atoms with Crippen LogP contribution in [0, 0.1) is 5.82 Å². The standard InChI is InChI=1S/C14H8Cl2FN3O2/c15-7-1-2-11(16)9(3-7)10-4-8(17)5-12-14(10)22-13(21-12)6-19-20-18/h1-5,13H,6H2. The third-order valence-corrected chi connectivity index (χ3v) is 3.60. The van der Waals surface area contributed by atoms with E-state index in [0.717, 1.165) is 0 Å². The summed E-state index contributed by atoms with van der Waals surface area (Å²) >= 11 is 12.1. The van der Waals surface area contributed by atoms with E-state index in [1.165, 1.54) is 12.1 Å². The molecule has 1 atom stereocenters. The largest absolute Gasteiger partial charge is 0.451 e. The SMILES string of the molecule is [N-]=[N+]=NCC1Oc2cc(F)cc(-c3cc(Cl)ccc3Cl)c2O1. The fraction of sp³-hybridized carbons (Fsp3) is 0.143. The van der Waals surface area contributed by atoms with Crippen LogP contribution in [0.1, 0.15) is 0 Å². The minimum absolute atomic E-state index is 0.0322. The van der Waals surface area contributed by atoms with E-state index in [9.17, 15) is 4.39 Å². The van der Waals surface area contributed by atoms with Crippen molar-refractivity contribution in [3.63, 3.8) is 0 Å². The molecular weight excluding hydrogens is 332 g/mol. The van der Waals surface area contributed by atoms with E-state index < -0.39 is 12.1 Å². The number of hydrogen-bond donors (Lipinski definition) is 0. The first-order valence-corrected chi connectivity index (χ1v) is 6.97. The van der Waals surface area contributed by atoms with Crippen molar-refractivity contribution in [3.8, 4) is 22.6 Å². The zero-order valence-corrected chi connectivity index (χ0v) is 12.5. The normalized spacial score (nSPS) is 15.5. The molecule has 8 heteroatoms. The fourth-order valence-electron chi connectivity index (χ4n) is 2.16. The van der Waals surface area contributed by atoms with Crippen molar-refractivity contribution in [2.45, 2.75) is 6.29 Å². The van der Waals surface area contributed by atoms with Crippen LogP contribution in [-0.4, -0.2) is 12.8 Å². The molecule has 1 aliphatic rings. The average molecular weight is 340 g/mol. The van der Waals surface area contributed by atoms with Crippen LogP contribution in [-0.2, 0) is 0 Å². The lowest BCUT2D eigenvalue weighted by molar-refractivity contribution is 0.0583. The van der Waals surface area contributed by atoms with Crippen molar-refractivity contribution < 1.29 is 13.9 Å². The van der Waals surface area contributed by atoms with Gasteiger partial charge in [0.25, 0.3) is 0 Å². The van der Waals surface area contributed by atoms with Crippen molar-refractivity contribution in [1.29, 1.82) is 0 Å². The van der Waals surface area contributed by atoms with Gasteiger partial charge in [-0.05, 0) is 29.8 Å². The first-order valence-electron chi connectivity index (χ1n) is 6.21. The van der Waals surface area contributed by atoms with Crippen LogP contribution in [0.3, 0.4) is 0 Å². The molecule has 1 aliphatic heterocycles. The maximum Gasteiger partial charge on any atom is 0.247 e. The van der Waals surface area contributed by atoms with Gasteiger partial charge in [0.1, 0.15) is 12.4 Å². The summed E-state index contributed by atoms with van der Waals surface area (Å²) < 4.78 is 24.8. The summed E-state index contributed by atoms with van der Waals surface area (Å²) in [7, 11) is 0. The second kappa shape index (κ2) is 5.93. The molecule has 5 nitrogen and oxygen atoms in total. The number of nitrogens with zero attached hydrogens (tertiary/aromatic N) is 3. The number of hydrogen-bond acceptors (Lipinski definition) is 3. The Bertz CT molecular complexity index is 794. The molecule has 0 saturated carbocycles. The molecule has 112 valence electrons. The maximum absolute atomic E-state index is 13.8. The summed E-state index contributed by atoms with van der Waals surface area (Å²) in [5.41, 5.74) is 9.29. The van der Waals surface area contributed by atoms with Crippen LogP contribution in [0.5, 0.6) is 11.5 Å². The molecule has 0 aliphatic carbocycles. The predicted octanol–water partition coefficient (Wildman–Crippen LogP) is 5.21. The Hall–Kier alpha value is -2.14. The molecule has 0 N–H and O–H groups in total. The molecule has 0 spiro atoms. The summed E-state index contributed by atoms with van der Waals surface area (Å²) in [5.74, 6) is 0.0608. The lowest BCUT2D eigenvalue weighted by atomic mass is 10.0. The molecule has 0 radical (unpaired) electrons.